The van der Waals surface area contributed by atoms with Gasteiger partial charge in [0.05, 0.1) is 33.1 Å². The maximum Gasteiger partial charge on any atom is 0.252 e. The van der Waals surface area contributed by atoms with Crippen LogP contribution in [-0.2, 0) is 0 Å². The van der Waals surface area contributed by atoms with Gasteiger partial charge >= 0.3 is 0 Å². The van der Waals surface area contributed by atoms with Gasteiger partial charge in [-0.1, -0.05) is 66.7 Å². The van der Waals surface area contributed by atoms with Gasteiger partial charge in [0.25, 0.3) is 6.71 Å². The lowest BCUT2D eigenvalue weighted by molar-refractivity contribution is 1.12. The van der Waals surface area contributed by atoms with Crippen molar-refractivity contribution in [2.75, 3.05) is 0 Å². The fourth-order valence-corrected chi connectivity index (χ4v) is 7.95. The molecule has 0 spiro atoms. The third-order valence-corrected chi connectivity index (χ3v) is 9.31. The van der Waals surface area contributed by atoms with Crippen molar-refractivity contribution >= 4 is 78.3 Å². The Labute approximate surface area is 222 Å². The normalized spacial score (nSPS) is 13.6. The minimum Gasteiger partial charge on any atom is -0.295 e. The molecule has 0 N–H and O–H groups in total. The highest BCUT2D eigenvalue weighted by Gasteiger charge is 2.41. The molecule has 2 aliphatic heterocycles. The number of para-hydroxylation sites is 4. The first-order chi connectivity index (χ1) is 19.4. The van der Waals surface area contributed by atoms with Crippen molar-refractivity contribution in [2.45, 2.75) is 0 Å². The highest BCUT2D eigenvalue weighted by atomic mass is 15.2. The van der Waals surface area contributed by atoms with Gasteiger partial charge < -0.3 is 0 Å². The topological polar surface area (TPSA) is 18.7 Å². The second-order valence-electron chi connectivity index (χ2n) is 11.0. The smallest absolute Gasteiger partial charge is 0.252 e. The summed E-state index contributed by atoms with van der Waals surface area (Å²) in [7, 11) is 0. The Morgan fingerprint density at radius 2 is 0.897 bits per heavy atom. The van der Waals surface area contributed by atoms with Crippen LogP contribution in [0.2, 0.25) is 0 Å². The molecular formula is C34H19BN4. The monoisotopic (exact) mass is 494 g/mol. The number of hydrogen-bond donors (Lipinski definition) is 0. The van der Waals surface area contributed by atoms with Crippen LogP contribution in [0.5, 0.6) is 0 Å². The van der Waals surface area contributed by atoms with Gasteiger partial charge in [0, 0.05) is 22.1 Å². The average molecular weight is 494 g/mol. The van der Waals surface area contributed by atoms with E-state index in [-0.39, 0.29) is 6.71 Å². The number of rotatable bonds is 0. The van der Waals surface area contributed by atoms with E-state index in [1.165, 1.54) is 82.9 Å². The average Bonchev–Trinajstić information content (AvgIpc) is 3.71. The standard InChI is InChI=1S/C34H19BN4/c1-3-12-24-20(8-1)18-30-36(24)28-16-5-10-22-33(28)38(30)26-14-7-15-27-32(26)35(22)23-11-6-17-29-34(23)39(27)31-19-21-9-2-4-13-25(21)37(29)31/h1-19H. The van der Waals surface area contributed by atoms with Crippen LogP contribution in [0.15, 0.2) is 115 Å². The van der Waals surface area contributed by atoms with E-state index in [2.05, 4.69) is 133 Å². The molecule has 0 radical (unpaired) electrons. The molecule has 0 unspecified atom stereocenters. The maximum absolute atomic E-state index is 2.51. The van der Waals surface area contributed by atoms with Gasteiger partial charge in [0.2, 0.25) is 0 Å². The zero-order valence-corrected chi connectivity index (χ0v) is 20.8. The van der Waals surface area contributed by atoms with E-state index in [0.29, 0.717) is 0 Å². The predicted octanol–water partition coefficient (Wildman–Crippen LogP) is 5.53. The fraction of sp³-hybridized carbons (Fsp3) is 0. The third kappa shape index (κ3) is 1.94. The lowest BCUT2D eigenvalue weighted by Crippen LogP contribution is -2.59. The van der Waals surface area contributed by atoms with Crippen molar-refractivity contribution in [1.82, 2.24) is 17.9 Å². The molecule has 0 fully saturated rings. The molecule has 2 aliphatic rings. The lowest BCUT2D eigenvalue weighted by atomic mass is 9.34. The fourth-order valence-electron chi connectivity index (χ4n) is 7.95. The van der Waals surface area contributed by atoms with Crippen LogP contribution in [-0.4, -0.2) is 24.6 Å². The number of benzene rings is 5. The van der Waals surface area contributed by atoms with Gasteiger partial charge in [-0.15, -0.1) is 0 Å². The summed E-state index contributed by atoms with van der Waals surface area (Å²) in [6.07, 6.45) is 0. The van der Waals surface area contributed by atoms with Crippen molar-refractivity contribution < 1.29 is 0 Å². The number of hydrogen-bond acceptors (Lipinski definition) is 0. The molecular weight excluding hydrogens is 475 g/mol. The number of imidazole rings is 2. The third-order valence-electron chi connectivity index (χ3n) is 9.31. The molecule has 5 aromatic carbocycles. The molecule has 0 aliphatic carbocycles. The van der Waals surface area contributed by atoms with E-state index < -0.39 is 0 Å². The minimum absolute atomic E-state index is 0.181. The van der Waals surface area contributed by atoms with Crippen molar-refractivity contribution in [3.05, 3.63) is 115 Å². The number of nitrogens with zero attached hydrogens (tertiary/aromatic N) is 4. The van der Waals surface area contributed by atoms with Crippen molar-refractivity contribution in [3.63, 3.8) is 0 Å². The highest BCUT2D eigenvalue weighted by molar-refractivity contribution is 7.00. The van der Waals surface area contributed by atoms with Gasteiger partial charge in [0.15, 0.2) is 0 Å². The molecule has 6 heterocycles. The summed E-state index contributed by atoms with van der Waals surface area (Å²) in [4.78, 5) is 0. The van der Waals surface area contributed by atoms with Gasteiger partial charge in [-0.25, -0.2) is 0 Å². The van der Waals surface area contributed by atoms with Gasteiger partial charge in [-0.2, -0.15) is 0 Å². The van der Waals surface area contributed by atoms with Crippen LogP contribution < -0.4 is 16.4 Å². The van der Waals surface area contributed by atoms with Crippen LogP contribution >= 0.6 is 0 Å². The highest BCUT2D eigenvalue weighted by Crippen LogP contribution is 2.37. The summed E-state index contributed by atoms with van der Waals surface area (Å²) in [5.74, 6) is 0. The molecule has 39 heavy (non-hydrogen) atoms. The molecule has 4 aromatic heterocycles. The molecule has 11 rings (SSSR count). The van der Waals surface area contributed by atoms with Gasteiger partial charge in [0.1, 0.15) is 11.3 Å². The molecule has 0 saturated heterocycles. The molecule has 178 valence electrons. The second-order valence-corrected chi connectivity index (χ2v) is 11.0. The van der Waals surface area contributed by atoms with E-state index in [9.17, 15) is 0 Å². The van der Waals surface area contributed by atoms with E-state index >= 15 is 0 Å². The molecule has 4 nitrogen and oxygen atoms in total. The van der Waals surface area contributed by atoms with E-state index in [4.69, 9.17) is 0 Å². The number of aromatic nitrogens is 4. The molecule has 0 atom stereocenters. The van der Waals surface area contributed by atoms with Crippen LogP contribution in [0.3, 0.4) is 0 Å². The van der Waals surface area contributed by atoms with Crippen LogP contribution in [0.1, 0.15) is 0 Å². The van der Waals surface area contributed by atoms with Crippen molar-refractivity contribution in [3.8, 4) is 11.4 Å². The van der Waals surface area contributed by atoms with Crippen molar-refractivity contribution in [2.24, 2.45) is 0 Å². The van der Waals surface area contributed by atoms with Gasteiger partial charge in [-0.05, 0) is 64.9 Å². The summed E-state index contributed by atoms with van der Waals surface area (Å²) in [5, 5.41) is 2.55. The largest absolute Gasteiger partial charge is 0.295 e. The Balaban J connectivity index is 1.39. The second kappa shape index (κ2) is 6.11. The Hall–Kier alpha value is -5.16. The van der Waals surface area contributed by atoms with Crippen LogP contribution in [0, 0.1) is 0 Å². The zero-order valence-electron chi connectivity index (χ0n) is 20.8. The summed E-state index contributed by atoms with van der Waals surface area (Å²) in [6.45, 7) is 0.181. The lowest BCUT2D eigenvalue weighted by Gasteiger charge is -2.32. The Morgan fingerprint density at radius 1 is 0.436 bits per heavy atom. The first kappa shape index (κ1) is 19.0. The molecule has 9 aromatic rings. The minimum atomic E-state index is 0.181. The zero-order chi connectivity index (χ0) is 25.0. The Morgan fingerprint density at radius 3 is 1.44 bits per heavy atom. The summed E-state index contributed by atoms with van der Waals surface area (Å²) in [6, 6.07) is 42.8. The van der Waals surface area contributed by atoms with Crippen LogP contribution in [0.4, 0.5) is 0 Å². The first-order valence-corrected chi connectivity index (χ1v) is 13.6. The molecule has 5 heteroatoms. The van der Waals surface area contributed by atoms with Crippen molar-refractivity contribution in [1.29, 1.82) is 0 Å². The van der Waals surface area contributed by atoms with E-state index in [1.807, 2.05) is 0 Å². The predicted molar refractivity (Wildman–Crippen MR) is 162 cm³/mol. The van der Waals surface area contributed by atoms with E-state index in [1.54, 1.807) is 0 Å². The van der Waals surface area contributed by atoms with E-state index in [0.717, 1.165) is 0 Å². The Bertz CT molecular complexity index is 2400. The first-order valence-electron chi connectivity index (χ1n) is 13.6. The SMILES string of the molecule is c1cc2c3c(c1)-n1c4c(cccc4n4c5ccccc5cc14)B3c1cccc3c1n-2c1cc2ccccc2n31. The van der Waals surface area contributed by atoms with Gasteiger partial charge in [-0.3, -0.25) is 17.9 Å². The Kier molecular flexibility index (Phi) is 2.97. The molecule has 0 saturated carbocycles. The molecule has 0 amide bonds. The maximum atomic E-state index is 2.51. The summed E-state index contributed by atoms with van der Waals surface area (Å²) < 4.78 is 9.92. The summed E-state index contributed by atoms with van der Waals surface area (Å²) in [5.41, 5.74) is 16.9. The summed E-state index contributed by atoms with van der Waals surface area (Å²) >= 11 is 0. The quantitative estimate of drug-likeness (QED) is 0.247. The number of fused-ring (bicyclic) bond motifs is 14. The molecule has 0 bridgehead atoms. The van der Waals surface area contributed by atoms with Crippen LogP contribution in [0.25, 0.3) is 66.5 Å².